The minimum absolute atomic E-state index is 0.0613. The quantitative estimate of drug-likeness (QED) is 0.415. The van der Waals surface area contributed by atoms with E-state index in [1.54, 1.807) is 6.92 Å². The van der Waals surface area contributed by atoms with Crippen LogP contribution in [0.2, 0.25) is 0 Å². The van der Waals surface area contributed by atoms with E-state index in [-0.39, 0.29) is 11.5 Å². The van der Waals surface area contributed by atoms with Crippen molar-refractivity contribution in [2.45, 2.75) is 32.3 Å². The Morgan fingerprint density at radius 2 is 1.58 bits per heavy atom. The molecule has 0 unspecified atom stereocenters. The number of ether oxygens (including phenoxy) is 1. The SMILES string of the molecule is CC[C@H](c1ccccc1)[C@H](C)OC(=O)c1cc([N+](=O)[O-])cc([N+](=O)[O-])c1. The van der Waals surface area contributed by atoms with E-state index in [0.717, 1.165) is 23.8 Å². The lowest BCUT2D eigenvalue weighted by Crippen LogP contribution is -2.22. The smallest absolute Gasteiger partial charge is 0.338 e. The molecule has 2 aromatic carbocycles. The summed E-state index contributed by atoms with van der Waals surface area (Å²) in [6.45, 7) is 3.69. The molecule has 0 amide bonds. The van der Waals surface area contributed by atoms with Crippen molar-refractivity contribution in [3.63, 3.8) is 0 Å². The summed E-state index contributed by atoms with van der Waals surface area (Å²) in [4.78, 5) is 32.7. The van der Waals surface area contributed by atoms with Crippen LogP contribution in [0.1, 0.15) is 42.1 Å². The lowest BCUT2D eigenvalue weighted by Gasteiger charge is -2.23. The number of nitro groups is 2. The lowest BCUT2D eigenvalue weighted by atomic mass is 9.92. The molecule has 0 heterocycles. The molecule has 2 rings (SSSR count). The average molecular weight is 358 g/mol. The highest BCUT2D eigenvalue weighted by Gasteiger charge is 2.25. The van der Waals surface area contributed by atoms with Crippen LogP contribution in [0, 0.1) is 20.2 Å². The Bertz CT molecular complexity index is 789. The molecular weight excluding hydrogens is 340 g/mol. The van der Waals surface area contributed by atoms with Gasteiger partial charge >= 0.3 is 5.97 Å². The molecule has 0 aliphatic rings. The fourth-order valence-electron chi connectivity index (χ4n) is 2.78. The maximum Gasteiger partial charge on any atom is 0.338 e. The summed E-state index contributed by atoms with van der Waals surface area (Å²) in [6.07, 6.45) is 0.210. The van der Waals surface area contributed by atoms with Gasteiger partial charge in [-0.3, -0.25) is 20.2 Å². The van der Waals surface area contributed by atoms with Gasteiger partial charge < -0.3 is 4.74 Å². The second-order valence-corrected chi connectivity index (χ2v) is 5.79. The van der Waals surface area contributed by atoms with Crippen LogP contribution in [0.25, 0.3) is 0 Å². The summed E-state index contributed by atoms with van der Waals surface area (Å²) < 4.78 is 5.43. The molecule has 0 N–H and O–H groups in total. The van der Waals surface area contributed by atoms with Gasteiger partial charge in [0.25, 0.3) is 11.4 Å². The van der Waals surface area contributed by atoms with Crippen LogP contribution in [0.15, 0.2) is 48.5 Å². The third-order valence-corrected chi connectivity index (χ3v) is 4.09. The predicted octanol–water partition coefficient (Wildman–Crippen LogP) is 4.24. The number of hydrogen-bond acceptors (Lipinski definition) is 6. The monoisotopic (exact) mass is 358 g/mol. The average Bonchev–Trinajstić information content (AvgIpc) is 2.62. The van der Waals surface area contributed by atoms with Crippen LogP contribution in [-0.2, 0) is 4.74 Å². The molecule has 26 heavy (non-hydrogen) atoms. The first-order chi connectivity index (χ1) is 12.3. The molecule has 0 fully saturated rings. The number of nitro benzene ring substituents is 2. The third kappa shape index (κ3) is 4.41. The molecule has 0 bridgehead atoms. The second kappa shape index (κ2) is 8.19. The molecule has 0 aliphatic carbocycles. The van der Waals surface area contributed by atoms with Crippen molar-refractivity contribution in [3.8, 4) is 0 Å². The van der Waals surface area contributed by atoms with Crippen LogP contribution in [-0.4, -0.2) is 21.9 Å². The highest BCUT2D eigenvalue weighted by atomic mass is 16.6. The van der Waals surface area contributed by atoms with Crippen molar-refractivity contribution >= 4 is 17.3 Å². The summed E-state index contributed by atoms with van der Waals surface area (Å²) in [6, 6.07) is 12.3. The molecular formula is C18H18N2O6. The summed E-state index contributed by atoms with van der Waals surface area (Å²) in [5.41, 5.74) is -0.288. The van der Waals surface area contributed by atoms with Gasteiger partial charge in [0.2, 0.25) is 0 Å². The van der Waals surface area contributed by atoms with Gasteiger partial charge in [0.1, 0.15) is 6.10 Å². The molecule has 0 aliphatic heterocycles. The highest BCUT2D eigenvalue weighted by Crippen LogP contribution is 2.27. The topological polar surface area (TPSA) is 113 Å². The number of rotatable bonds is 7. The summed E-state index contributed by atoms with van der Waals surface area (Å²) >= 11 is 0. The number of esters is 1. The van der Waals surface area contributed by atoms with Gasteiger partial charge in [-0.25, -0.2) is 4.79 Å². The largest absolute Gasteiger partial charge is 0.458 e. The number of nitrogens with zero attached hydrogens (tertiary/aromatic N) is 2. The second-order valence-electron chi connectivity index (χ2n) is 5.79. The molecule has 0 aromatic heterocycles. The van der Waals surface area contributed by atoms with Gasteiger partial charge in [-0.1, -0.05) is 37.3 Å². The third-order valence-electron chi connectivity index (χ3n) is 4.09. The molecule has 0 radical (unpaired) electrons. The number of hydrogen-bond donors (Lipinski definition) is 0. The van der Waals surface area contributed by atoms with Crippen molar-refractivity contribution in [1.82, 2.24) is 0 Å². The number of benzene rings is 2. The van der Waals surface area contributed by atoms with Gasteiger partial charge in [-0.05, 0) is 18.9 Å². The van der Waals surface area contributed by atoms with E-state index in [9.17, 15) is 25.0 Å². The lowest BCUT2D eigenvalue weighted by molar-refractivity contribution is -0.394. The van der Waals surface area contributed by atoms with Crippen molar-refractivity contribution in [2.75, 3.05) is 0 Å². The Morgan fingerprint density at radius 3 is 2.04 bits per heavy atom. The fraction of sp³-hybridized carbons (Fsp3) is 0.278. The van der Waals surface area contributed by atoms with E-state index >= 15 is 0 Å². The van der Waals surface area contributed by atoms with Gasteiger partial charge in [-0.2, -0.15) is 0 Å². The first kappa shape index (κ1) is 19.0. The summed E-state index contributed by atoms with van der Waals surface area (Å²) in [5, 5.41) is 21.9. The fourth-order valence-corrected chi connectivity index (χ4v) is 2.78. The van der Waals surface area contributed by atoms with E-state index in [1.165, 1.54) is 0 Å². The Kier molecular flexibility index (Phi) is 6.00. The minimum Gasteiger partial charge on any atom is -0.458 e. The molecule has 8 nitrogen and oxygen atoms in total. The standard InChI is InChI=1S/C18H18N2O6/c1-3-17(13-7-5-4-6-8-13)12(2)26-18(21)14-9-15(19(22)23)11-16(10-14)20(24)25/h4-12,17H,3H2,1-2H3/t12-,17-/m0/s1. The van der Waals surface area contributed by atoms with Crippen molar-refractivity contribution in [3.05, 3.63) is 79.9 Å². The molecule has 0 saturated carbocycles. The molecule has 2 atom stereocenters. The maximum atomic E-state index is 12.4. The van der Waals surface area contributed by atoms with E-state index in [2.05, 4.69) is 0 Å². The van der Waals surface area contributed by atoms with Gasteiger partial charge in [0, 0.05) is 18.1 Å². The molecule has 0 saturated heterocycles. The molecule has 0 spiro atoms. The zero-order valence-electron chi connectivity index (χ0n) is 14.3. The molecule has 2 aromatic rings. The van der Waals surface area contributed by atoms with Crippen molar-refractivity contribution in [1.29, 1.82) is 0 Å². The van der Waals surface area contributed by atoms with Crippen LogP contribution >= 0.6 is 0 Å². The zero-order valence-corrected chi connectivity index (χ0v) is 14.3. The number of non-ortho nitro benzene ring substituents is 2. The normalized spacial score (nSPS) is 12.8. The predicted molar refractivity (Wildman–Crippen MR) is 94.1 cm³/mol. The maximum absolute atomic E-state index is 12.4. The zero-order chi connectivity index (χ0) is 19.3. The van der Waals surface area contributed by atoms with E-state index in [4.69, 9.17) is 4.74 Å². The van der Waals surface area contributed by atoms with Crippen LogP contribution in [0.5, 0.6) is 0 Å². The van der Waals surface area contributed by atoms with E-state index in [1.807, 2.05) is 37.3 Å². The highest BCUT2D eigenvalue weighted by molar-refractivity contribution is 5.91. The number of carbonyl (C=O) groups excluding carboxylic acids is 1. The van der Waals surface area contributed by atoms with Gasteiger partial charge in [0.05, 0.1) is 21.5 Å². The summed E-state index contributed by atoms with van der Waals surface area (Å²) in [7, 11) is 0. The first-order valence-corrected chi connectivity index (χ1v) is 8.03. The van der Waals surface area contributed by atoms with Crippen LogP contribution in [0.3, 0.4) is 0 Å². The minimum atomic E-state index is -0.835. The Morgan fingerprint density at radius 1 is 1.04 bits per heavy atom. The van der Waals surface area contributed by atoms with Crippen LogP contribution < -0.4 is 0 Å². The van der Waals surface area contributed by atoms with Gasteiger partial charge in [-0.15, -0.1) is 0 Å². The van der Waals surface area contributed by atoms with Crippen molar-refractivity contribution < 1.29 is 19.4 Å². The van der Waals surface area contributed by atoms with E-state index < -0.39 is 33.3 Å². The Labute approximate surface area is 149 Å². The van der Waals surface area contributed by atoms with Crippen LogP contribution in [0.4, 0.5) is 11.4 Å². The first-order valence-electron chi connectivity index (χ1n) is 8.03. The van der Waals surface area contributed by atoms with Gasteiger partial charge in [0.15, 0.2) is 0 Å². The summed E-state index contributed by atoms with van der Waals surface area (Å²) in [5.74, 6) is -0.896. The molecule has 8 heteroatoms. The van der Waals surface area contributed by atoms with Crippen molar-refractivity contribution in [2.24, 2.45) is 0 Å². The number of carbonyl (C=O) groups is 1. The Balaban J connectivity index is 2.25. The Hall–Kier alpha value is -3.29. The van der Waals surface area contributed by atoms with E-state index in [0.29, 0.717) is 6.42 Å². The molecule has 136 valence electrons.